The number of nitrogens with zero attached hydrogens (tertiary/aromatic N) is 2. The van der Waals surface area contributed by atoms with Crippen LogP contribution in [-0.2, 0) is 4.74 Å². The van der Waals surface area contributed by atoms with Gasteiger partial charge >= 0.3 is 11.9 Å². The number of hydrogen-bond acceptors (Lipinski definition) is 7. The van der Waals surface area contributed by atoms with Crippen molar-refractivity contribution in [1.82, 2.24) is 10.2 Å². The monoisotopic (exact) mass is 262 g/mol. The van der Waals surface area contributed by atoms with E-state index in [0.29, 0.717) is 11.5 Å². The van der Waals surface area contributed by atoms with Crippen molar-refractivity contribution in [2.45, 2.75) is 6.10 Å². The molecular weight excluding hydrogens is 252 g/mol. The van der Waals surface area contributed by atoms with E-state index in [2.05, 4.69) is 14.9 Å². The number of rotatable bonds is 2. The second-order valence-electron chi connectivity index (χ2n) is 3.80. The standard InChI is InChI=1S/C12H10N2O5/c1-16-12(15)11-14-13-10(19-11)9-6-17-7-4-2-3-5-8(7)18-9/h2-5,9H,6H2,1H3. The third-order valence-electron chi connectivity index (χ3n) is 2.58. The largest absolute Gasteiger partial charge is 0.485 e. The minimum Gasteiger partial charge on any atom is -0.485 e. The Bertz CT molecular complexity index is 610. The van der Waals surface area contributed by atoms with Crippen LogP contribution in [0.15, 0.2) is 28.7 Å². The number of hydrogen-bond donors (Lipinski definition) is 0. The third kappa shape index (κ3) is 2.10. The second-order valence-corrected chi connectivity index (χ2v) is 3.80. The quantitative estimate of drug-likeness (QED) is 0.755. The Kier molecular flexibility index (Phi) is 2.79. The summed E-state index contributed by atoms with van der Waals surface area (Å²) in [5.41, 5.74) is 0. The first kappa shape index (κ1) is 11.5. The lowest BCUT2D eigenvalue weighted by molar-refractivity contribution is 0.0519. The molecule has 1 atom stereocenters. The normalized spacial score (nSPS) is 17.0. The number of esters is 1. The number of methoxy groups -OCH3 is 1. The third-order valence-corrected chi connectivity index (χ3v) is 2.58. The summed E-state index contributed by atoms with van der Waals surface area (Å²) < 4.78 is 20.9. The minimum atomic E-state index is -0.684. The molecular formula is C12H10N2O5. The van der Waals surface area contributed by atoms with E-state index < -0.39 is 12.1 Å². The smallest absolute Gasteiger partial charge is 0.396 e. The van der Waals surface area contributed by atoms with Crippen LogP contribution in [0.4, 0.5) is 0 Å². The molecule has 1 aliphatic rings. The number of aromatic nitrogens is 2. The molecule has 1 aromatic heterocycles. The number of carbonyl (C=O) groups excluding carboxylic acids is 1. The predicted molar refractivity (Wildman–Crippen MR) is 60.9 cm³/mol. The zero-order chi connectivity index (χ0) is 13.2. The fourth-order valence-corrected chi connectivity index (χ4v) is 1.68. The molecule has 2 aromatic rings. The van der Waals surface area contributed by atoms with Crippen LogP contribution in [0, 0.1) is 0 Å². The molecule has 3 rings (SSSR count). The maximum atomic E-state index is 11.2. The molecule has 0 amide bonds. The van der Waals surface area contributed by atoms with Crippen molar-refractivity contribution in [3.05, 3.63) is 36.0 Å². The Labute approximate surface area is 108 Å². The zero-order valence-electron chi connectivity index (χ0n) is 10.0. The van der Waals surface area contributed by atoms with Crippen LogP contribution >= 0.6 is 0 Å². The molecule has 2 heterocycles. The zero-order valence-corrected chi connectivity index (χ0v) is 10.0. The average Bonchev–Trinajstić information content (AvgIpc) is 2.95. The van der Waals surface area contributed by atoms with E-state index in [1.165, 1.54) is 7.11 Å². The van der Waals surface area contributed by atoms with Gasteiger partial charge in [-0.3, -0.25) is 0 Å². The van der Waals surface area contributed by atoms with Crippen molar-refractivity contribution in [1.29, 1.82) is 0 Å². The van der Waals surface area contributed by atoms with Crippen LogP contribution in [0.25, 0.3) is 0 Å². The van der Waals surface area contributed by atoms with Gasteiger partial charge in [-0.05, 0) is 12.1 Å². The lowest BCUT2D eigenvalue weighted by Crippen LogP contribution is -2.21. The molecule has 0 aliphatic carbocycles. The van der Waals surface area contributed by atoms with Crippen LogP contribution in [0.2, 0.25) is 0 Å². The molecule has 0 spiro atoms. The van der Waals surface area contributed by atoms with Gasteiger partial charge < -0.3 is 18.6 Å². The van der Waals surface area contributed by atoms with Gasteiger partial charge in [0.1, 0.15) is 6.61 Å². The van der Waals surface area contributed by atoms with E-state index in [1.54, 1.807) is 12.1 Å². The molecule has 0 saturated carbocycles. The lowest BCUT2D eigenvalue weighted by Gasteiger charge is -2.23. The molecule has 7 heteroatoms. The van der Waals surface area contributed by atoms with Gasteiger partial charge in [0.2, 0.25) is 6.10 Å². The van der Waals surface area contributed by atoms with Gasteiger partial charge in [-0.1, -0.05) is 12.1 Å². The minimum absolute atomic E-state index is 0.176. The summed E-state index contributed by atoms with van der Waals surface area (Å²) >= 11 is 0. The van der Waals surface area contributed by atoms with E-state index in [-0.39, 0.29) is 18.4 Å². The maximum Gasteiger partial charge on any atom is 0.396 e. The van der Waals surface area contributed by atoms with Crippen LogP contribution in [0.5, 0.6) is 11.5 Å². The highest BCUT2D eigenvalue weighted by atomic mass is 16.6. The Morgan fingerprint density at radius 2 is 2.11 bits per heavy atom. The van der Waals surface area contributed by atoms with Crippen LogP contribution < -0.4 is 9.47 Å². The van der Waals surface area contributed by atoms with Crippen molar-refractivity contribution in [2.24, 2.45) is 0 Å². The van der Waals surface area contributed by atoms with Gasteiger partial charge in [-0.2, -0.15) is 0 Å². The van der Waals surface area contributed by atoms with Gasteiger partial charge in [0.15, 0.2) is 11.5 Å². The van der Waals surface area contributed by atoms with Gasteiger partial charge in [0.25, 0.3) is 5.89 Å². The highest BCUT2D eigenvalue weighted by molar-refractivity contribution is 5.83. The summed E-state index contributed by atoms with van der Waals surface area (Å²) in [6, 6.07) is 7.27. The molecule has 7 nitrogen and oxygen atoms in total. The van der Waals surface area contributed by atoms with Crippen molar-refractivity contribution in [3.8, 4) is 11.5 Å². The van der Waals surface area contributed by atoms with Gasteiger partial charge in [0.05, 0.1) is 7.11 Å². The van der Waals surface area contributed by atoms with E-state index in [0.717, 1.165) is 0 Å². The molecule has 0 radical (unpaired) electrons. The Balaban J connectivity index is 1.81. The van der Waals surface area contributed by atoms with Crippen LogP contribution in [-0.4, -0.2) is 29.9 Å². The summed E-state index contributed by atoms with van der Waals surface area (Å²) in [4.78, 5) is 11.2. The number of ether oxygens (including phenoxy) is 3. The van der Waals surface area contributed by atoms with E-state index in [4.69, 9.17) is 13.9 Å². The molecule has 0 fully saturated rings. The van der Waals surface area contributed by atoms with Crippen LogP contribution in [0.1, 0.15) is 22.7 Å². The SMILES string of the molecule is COC(=O)c1nnc(C2COc3ccccc3O2)o1. The summed E-state index contributed by atoms with van der Waals surface area (Å²) in [5.74, 6) is 0.536. The number of benzene rings is 1. The fraction of sp³-hybridized carbons (Fsp3) is 0.250. The molecule has 0 N–H and O–H groups in total. The molecule has 98 valence electrons. The molecule has 1 unspecified atom stereocenters. The lowest BCUT2D eigenvalue weighted by atomic mass is 10.2. The molecule has 19 heavy (non-hydrogen) atoms. The summed E-state index contributed by atoms with van der Waals surface area (Å²) in [7, 11) is 1.24. The second kappa shape index (κ2) is 4.60. The first-order chi connectivity index (χ1) is 9.28. The van der Waals surface area contributed by atoms with Crippen molar-refractivity contribution in [2.75, 3.05) is 13.7 Å². The number of carbonyl (C=O) groups is 1. The molecule has 1 aromatic carbocycles. The summed E-state index contributed by atoms with van der Waals surface area (Å²) in [5, 5.41) is 7.35. The maximum absolute atomic E-state index is 11.2. The van der Waals surface area contributed by atoms with Crippen LogP contribution in [0.3, 0.4) is 0 Å². The van der Waals surface area contributed by atoms with Gasteiger partial charge in [-0.25, -0.2) is 4.79 Å². The average molecular weight is 262 g/mol. The first-order valence-electron chi connectivity index (χ1n) is 5.58. The molecule has 0 bridgehead atoms. The van der Waals surface area contributed by atoms with E-state index in [1.807, 2.05) is 12.1 Å². The highest BCUT2D eigenvalue weighted by Gasteiger charge is 2.28. The number of fused-ring (bicyclic) bond motifs is 1. The Morgan fingerprint density at radius 1 is 1.32 bits per heavy atom. The summed E-state index contributed by atoms with van der Waals surface area (Å²) in [6.07, 6.45) is -0.541. The van der Waals surface area contributed by atoms with Gasteiger partial charge in [-0.15, -0.1) is 10.2 Å². The topological polar surface area (TPSA) is 83.7 Å². The molecule has 0 saturated heterocycles. The van der Waals surface area contributed by atoms with Crippen molar-refractivity contribution < 1.29 is 23.4 Å². The Hall–Kier alpha value is -2.57. The van der Waals surface area contributed by atoms with Gasteiger partial charge in [0, 0.05) is 0 Å². The molecule has 1 aliphatic heterocycles. The van der Waals surface area contributed by atoms with E-state index in [9.17, 15) is 4.79 Å². The van der Waals surface area contributed by atoms with Crippen molar-refractivity contribution >= 4 is 5.97 Å². The fourth-order valence-electron chi connectivity index (χ4n) is 1.68. The summed E-state index contributed by atoms with van der Waals surface area (Å²) in [6.45, 7) is 0.236. The predicted octanol–water partition coefficient (Wildman–Crippen LogP) is 1.37. The first-order valence-corrected chi connectivity index (χ1v) is 5.58. The highest BCUT2D eigenvalue weighted by Crippen LogP contribution is 2.35. The van der Waals surface area contributed by atoms with Crippen molar-refractivity contribution in [3.63, 3.8) is 0 Å². The number of para-hydroxylation sites is 2. The Morgan fingerprint density at radius 3 is 2.89 bits per heavy atom. The van der Waals surface area contributed by atoms with E-state index >= 15 is 0 Å².